The first-order valence-electron chi connectivity index (χ1n) is 7.10. The third-order valence-corrected chi connectivity index (χ3v) is 3.61. The molecule has 122 valence electrons. The summed E-state index contributed by atoms with van der Waals surface area (Å²) in [5.74, 6) is 0.170. The zero-order valence-electron chi connectivity index (χ0n) is 13.0. The van der Waals surface area contributed by atoms with Gasteiger partial charge in [-0.15, -0.1) is 0 Å². The summed E-state index contributed by atoms with van der Waals surface area (Å²) >= 11 is 0. The Morgan fingerprint density at radius 2 is 2.17 bits per heavy atom. The highest BCUT2D eigenvalue weighted by atomic mass is 16.6. The van der Waals surface area contributed by atoms with Crippen LogP contribution in [0.4, 0.5) is 17.2 Å². The van der Waals surface area contributed by atoms with Crippen molar-refractivity contribution in [2.45, 2.75) is 12.8 Å². The summed E-state index contributed by atoms with van der Waals surface area (Å²) < 4.78 is 0. The van der Waals surface area contributed by atoms with Crippen LogP contribution in [0.2, 0.25) is 0 Å². The van der Waals surface area contributed by atoms with E-state index in [4.69, 9.17) is 16.3 Å². The number of nitro groups is 1. The van der Waals surface area contributed by atoms with Crippen LogP contribution in [0.3, 0.4) is 0 Å². The number of aryl methyl sites for hydroxylation is 1. The van der Waals surface area contributed by atoms with Gasteiger partial charge in [-0.3, -0.25) is 15.2 Å². The average molecular weight is 325 g/mol. The molecule has 3 N–H and O–H groups in total. The Morgan fingerprint density at radius 3 is 2.79 bits per heavy atom. The molecule has 2 rings (SSSR count). The molecule has 0 aliphatic carbocycles. The van der Waals surface area contributed by atoms with Crippen LogP contribution in [0.15, 0.2) is 18.2 Å². The molecule has 0 saturated carbocycles. The fourth-order valence-corrected chi connectivity index (χ4v) is 2.38. The Balaban J connectivity index is 2.08. The van der Waals surface area contributed by atoms with Crippen molar-refractivity contribution < 1.29 is 4.92 Å². The molecule has 0 aliphatic rings. The Morgan fingerprint density at radius 1 is 1.42 bits per heavy atom. The lowest BCUT2D eigenvalue weighted by atomic mass is 10.1. The van der Waals surface area contributed by atoms with E-state index in [-0.39, 0.29) is 17.1 Å². The lowest BCUT2D eigenvalue weighted by Gasteiger charge is -2.19. The maximum atomic E-state index is 11.2. The molecule has 0 fully saturated rings. The average Bonchev–Trinajstić information content (AvgIpc) is 2.93. The van der Waals surface area contributed by atoms with Crippen molar-refractivity contribution in [2.24, 2.45) is 0 Å². The van der Waals surface area contributed by atoms with Gasteiger partial charge < -0.3 is 10.6 Å². The number of hydrogen-bond donors (Lipinski definition) is 2. The largest absolute Gasteiger partial charge is 0.381 e. The molecule has 1 aromatic heterocycles. The van der Waals surface area contributed by atoms with Gasteiger partial charge >= 0.3 is 0 Å². The minimum Gasteiger partial charge on any atom is -0.381 e. The van der Waals surface area contributed by atoms with Gasteiger partial charge in [0.15, 0.2) is 5.82 Å². The van der Waals surface area contributed by atoms with Crippen molar-refractivity contribution in [1.82, 2.24) is 10.2 Å². The smallest absolute Gasteiger partial charge is 0.293 e. The minimum atomic E-state index is -0.504. The molecule has 0 aliphatic heterocycles. The van der Waals surface area contributed by atoms with E-state index in [1.165, 1.54) is 6.07 Å². The number of rotatable bonds is 6. The maximum Gasteiger partial charge on any atom is 0.293 e. The maximum absolute atomic E-state index is 11.2. The standard InChI is InChI=1S/C15H15N7O2/c1-21(6-2-3-12-11(9-17)15(18)20-19-12)13-5-4-10(8-16)7-14(13)22(23)24/h4-5,7H,2-3,6H2,1H3,(H3,18,19,20). The highest BCUT2D eigenvalue weighted by molar-refractivity contribution is 5.65. The second-order valence-corrected chi connectivity index (χ2v) is 5.17. The molecule has 0 unspecified atom stereocenters. The van der Waals surface area contributed by atoms with Gasteiger partial charge in [-0.1, -0.05) is 0 Å². The molecule has 0 atom stereocenters. The molecule has 9 heteroatoms. The van der Waals surface area contributed by atoms with E-state index in [2.05, 4.69) is 10.2 Å². The summed E-state index contributed by atoms with van der Waals surface area (Å²) in [5, 5.41) is 35.6. The summed E-state index contributed by atoms with van der Waals surface area (Å²) in [6.07, 6.45) is 1.19. The van der Waals surface area contributed by atoms with Crippen molar-refractivity contribution in [3.05, 3.63) is 45.1 Å². The normalized spacial score (nSPS) is 9.96. The van der Waals surface area contributed by atoms with Crippen LogP contribution in [0.1, 0.15) is 23.2 Å². The number of anilines is 2. The third-order valence-electron chi connectivity index (χ3n) is 3.61. The van der Waals surface area contributed by atoms with Crippen LogP contribution in [0, 0.1) is 32.8 Å². The molecule has 0 bridgehead atoms. The molecule has 24 heavy (non-hydrogen) atoms. The van der Waals surface area contributed by atoms with Gasteiger partial charge in [0.05, 0.1) is 22.2 Å². The minimum absolute atomic E-state index is 0.111. The molecule has 0 saturated heterocycles. The molecule has 2 aromatic rings. The van der Waals surface area contributed by atoms with Crippen molar-refractivity contribution in [1.29, 1.82) is 10.5 Å². The Hall–Kier alpha value is -3.59. The highest BCUT2D eigenvalue weighted by Gasteiger charge is 2.18. The lowest BCUT2D eigenvalue weighted by Crippen LogP contribution is -2.20. The van der Waals surface area contributed by atoms with Crippen molar-refractivity contribution in [3.63, 3.8) is 0 Å². The third kappa shape index (κ3) is 3.42. The van der Waals surface area contributed by atoms with E-state index < -0.39 is 4.92 Å². The second kappa shape index (κ2) is 7.11. The van der Waals surface area contributed by atoms with Gasteiger partial charge in [0.25, 0.3) is 5.69 Å². The molecule has 0 spiro atoms. The Labute approximate surface area is 138 Å². The molecule has 9 nitrogen and oxygen atoms in total. The summed E-state index contributed by atoms with van der Waals surface area (Å²) in [7, 11) is 1.74. The number of H-pyrrole nitrogens is 1. The second-order valence-electron chi connectivity index (χ2n) is 5.17. The summed E-state index contributed by atoms with van der Waals surface area (Å²) in [4.78, 5) is 12.4. The van der Waals surface area contributed by atoms with Gasteiger partial charge in [-0.25, -0.2) is 0 Å². The first kappa shape index (κ1) is 16.8. The fourth-order valence-electron chi connectivity index (χ4n) is 2.38. The Bertz CT molecular complexity index is 844. The lowest BCUT2D eigenvalue weighted by molar-refractivity contribution is -0.384. The number of aromatic amines is 1. The first-order chi connectivity index (χ1) is 11.5. The van der Waals surface area contributed by atoms with Crippen LogP contribution < -0.4 is 10.6 Å². The summed E-state index contributed by atoms with van der Waals surface area (Å²) in [6, 6.07) is 8.25. The molecular weight excluding hydrogens is 310 g/mol. The number of benzene rings is 1. The number of hydrogen-bond acceptors (Lipinski definition) is 7. The number of nitro benzene ring substituents is 1. The zero-order chi connectivity index (χ0) is 17.7. The van der Waals surface area contributed by atoms with Gasteiger partial charge in [0, 0.05) is 19.7 Å². The van der Waals surface area contributed by atoms with Crippen molar-refractivity contribution in [3.8, 4) is 12.1 Å². The number of nitriles is 2. The van der Waals surface area contributed by atoms with Crippen LogP contribution in [-0.4, -0.2) is 28.7 Å². The number of nitrogens with one attached hydrogen (secondary N) is 1. The van der Waals surface area contributed by atoms with Gasteiger partial charge in [-0.2, -0.15) is 15.6 Å². The van der Waals surface area contributed by atoms with Crippen molar-refractivity contribution >= 4 is 17.2 Å². The number of nitrogen functional groups attached to an aromatic ring is 1. The van der Waals surface area contributed by atoms with E-state index >= 15 is 0 Å². The predicted octanol–water partition coefficient (Wildman–Crippen LogP) is 1.71. The SMILES string of the molecule is CN(CCCc1[nH]nc(N)c1C#N)c1ccc(C#N)cc1[N+](=O)[O-]. The zero-order valence-corrected chi connectivity index (χ0v) is 13.0. The topological polar surface area (TPSA) is 149 Å². The van der Waals surface area contributed by atoms with E-state index in [1.807, 2.05) is 12.1 Å². The first-order valence-corrected chi connectivity index (χ1v) is 7.10. The quantitative estimate of drug-likeness (QED) is 0.606. The fraction of sp³-hybridized carbons (Fsp3) is 0.267. The van der Waals surface area contributed by atoms with E-state index in [0.29, 0.717) is 36.3 Å². The van der Waals surface area contributed by atoms with Gasteiger partial charge in [-0.05, 0) is 25.0 Å². The van der Waals surface area contributed by atoms with Crippen LogP contribution in [0.5, 0.6) is 0 Å². The molecule has 1 heterocycles. The summed E-state index contributed by atoms with van der Waals surface area (Å²) in [6.45, 7) is 0.524. The van der Waals surface area contributed by atoms with Crippen molar-refractivity contribution in [2.75, 3.05) is 24.2 Å². The summed E-state index contributed by atoms with van der Waals surface area (Å²) in [5.41, 5.74) is 7.13. The van der Waals surface area contributed by atoms with Gasteiger partial charge in [0.1, 0.15) is 17.3 Å². The highest BCUT2D eigenvalue weighted by Crippen LogP contribution is 2.28. The molecule has 1 aromatic carbocycles. The number of nitrogens with two attached hydrogens (primary N) is 1. The van der Waals surface area contributed by atoms with E-state index in [9.17, 15) is 10.1 Å². The van der Waals surface area contributed by atoms with Crippen LogP contribution in [-0.2, 0) is 6.42 Å². The van der Waals surface area contributed by atoms with Crippen LogP contribution in [0.25, 0.3) is 0 Å². The van der Waals surface area contributed by atoms with Gasteiger partial charge in [0.2, 0.25) is 0 Å². The number of nitrogens with zero attached hydrogens (tertiary/aromatic N) is 5. The molecule has 0 amide bonds. The monoisotopic (exact) mass is 325 g/mol. The predicted molar refractivity (Wildman–Crippen MR) is 87.1 cm³/mol. The number of aromatic nitrogens is 2. The van der Waals surface area contributed by atoms with E-state index in [0.717, 1.165) is 0 Å². The van der Waals surface area contributed by atoms with Crippen LogP contribution >= 0.6 is 0 Å². The van der Waals surface area contributed by atoms with E-state index in [1.54, 1.807) is 24.1 Å². The molecular formula is C15H15N7O2. The molecule has 0 radical (unpaired) electrons. The Kier molecular flexibility index (Phi) is 4.97.